The molecule has 0 bridgehead atoms. The third-order valence-corrected chi connectivity index (χ3v) is 10.5. The summed E-state index contributed by atoms with van der Waals surface area (Å²) < 4.78 is 0. The van der Waals surface area contributed by atoms with Crippen molar-refractivity contribution in [3.8, 4) is 33.4 Å². The van der Waals surface area contributed by atoms with Gasteiger partial charge in [-0.25, -0.2) is 9.84 Å². The fourth-order valence-electron chi connectivity index (χ4n) is 7.82. The van der Waals surface area contributed by atoms with E-state index in [1.807, 2.05) is 54.6 Å². The van der Waals surface area contributed by atoms with Gasteiger partial charge >= 0.3 is 0 Å². The van der Waals surface area contributed by atoms with Gasteiger partial charge in [-0.3, -0.25) is 0 Å². The number of hydrogen-bond donors (Lipinski definition) is 1. The average molecular weight is 716 g/mol. The molecule has 0 heterocycles. The minimum Gasteiger partial charge on any atom is -0.383 e. The van der Waals surface area contributed by atoms with Crippen molar-refractivity contribution in [2.24, 2.45) is 10.7 Å². The summed E-state index contributed by atoms with van der Waals surface area (Å²) >= 11 is 0. The van der Waals surface area contributed by atoms with E-state index in [-0.39, 0.29) is 0 Å². The monoisotopic (exact) mass is 715 g/mol. The number of nitrogens with two attached hydrogens (primary N) is 1. The van der Waals surface area contributed by atoms with E-state index in [0.717, 1.165) is 39.1 Å². The summed E-state index contributed by atoms with van der Waals surface area (Å²) in [5, 5.41) is 7.38. The van der Waals surface area contributed by atoms with Crippen LogP contribution in [0.25, 0.3) is 76.2 Å². The maximum Gasteiger partial charge on any atom is 0.187 e. The molecule has 0 atom stereocenters. The second kappa shape index (κ2) is 15.1. The summed E-state index contributed by atoms with van der Waals surface area (Å²) in [6, 6.07) is 67.8. The molecule has 0 saturated heterocycles. The Hall–Kier alpha value is -7.54. The van der Waals surface area contributed by atoms with Gasteiger partial charge in [-0.1, -0.05) is 200 Å². The average Bonchev–Trinajstić information content (AvgIpc) is 3.27. The van der Waals surface area contributed by atoms with E-state index >= 15 is 0 Å². The van der Waals surface area contributed by atoms with E-state index in [1.165, 1.54) is 49.0 Å². The first kappa shape index (κ1) is 34.2. The molecule has 9 rings (SSSR count). The Labute approximate surface area is 327 Å². The van der Waals surface area contributed by atoms with Crippen LogP contribution in [-0.4, -0.2) is 5.84 Å². The van der Waals surface area contributed by atoms with Gasteiger partial charge in [0.2, 0.25) is 0 Å². The highest BCUT2D eigenvalue weighted by molar-refractivity contribution is 6.27. The molecule has 0 saturated carbocycles. The van der Waals surface area contributed by atoms with Gasteiger partial charge in [0.1, 0.15) is 5.84 Å². The van der Waals surface area contributed by atoms with Crippen LogP contribution in [0, 0.1) is 6.57 Å². The first-order chi connectivity index (χ1) is 27.6. The van der Waals surface area contributed by atoms with Gasteiger partial charge < -0.3 is 5.73 Å². The molecule has 0 spiro atoms. The molecule has 0 aliphatic carbocycles. The Morgan fingerprint density at radius 3 is 1.84 bits per heavy atom. The Morgan fingerprint density at radius 1 is 0.500 bits per heavy atom. The van der Waals surface area contributed by atoms with Crippen LogP contribution in [0.3, 0.4) is 0 Å². The van der Waals surface area contributed by atoms with Crippen molar-refractivity contribution in [3.63, 3.8) is 0 Å². The van der Waals surface area contributed by atoms with Gasteiger partial charge in [-0.05, 0) is 83.2 Å². The molecule has 3 heteroatoms. The number of rotatable bonds is 8. The predicted molar refractivity (Wildman–Crippen MR) is 237 cm³/mol. The molecule has 0 unspecified atom stereocenters. The molecule has 2 N–H and O–H groups in total. The first-order valence-electron chi connectivity index (χ1n) is 18.8. The number of benzene rings is 9. The smallest absolute Gasteiger partial charge is 0.187 e. The lowest BCUT2D eigenvalue weighted by molar-refractivity contribution is 1.26. The number of allylic oxidation sites excluding steroid dienone is 1. The SMILES string of the molecule is [C-]#[N+]c1ccc(-c2cccc(C/C=C(\N=C(N)c3ccccc3)c3ccc(-c4c5ccccc5c(-c5ccccc5)c5ccc6ccccc6c45)cc3)c2)cc1. The van der Waals surface area contributed by atoms with E-state index in [9.17, 15) is 0 Å². The lowest BCUT2D eigenvalue weighted by atomic mass is 9.84. The summed E-state index contributed by atoms with van der Waals surface area (Å²) in [6.45, 7) is 7.31. The van der Waals surface area contributed by atoms with Crippen molar-refractivity contribution < 1.29 is 0 Å². The highest BCUT2D eigenvalue weighted by Gasteiger charge is 2.19. The molecule has 9 aromatic carbocycles. The van der Waals surface area contributed by atoms with Crippen LogP contribution < -0.4 is 5.73 Å². The quantitative estimate of drug-likeness (QED) is 0.0550. The third kappa shape index (κ3) is 6.62. The Bertz CT molecular complexity index is 2970. The molecule has 9 aromatic rings. The van der Waals surface area contributed by atoms with Crippen molar-refractivity contribution in [2.75, 3.05) is 0 Å². The minimum atomic E-state index is 0.467. The fourth-order valence-corrected chi connectivity index (χ4v) is 7.82. The maximum atomic E-state index is 7.31. The van der Waals surface area contributed by atoms with Gasteiger partial charge in [0.15, 0.2) is 5.69 Å². The Morgan fingerprint density at radius 2 is 1.11 bits per heavy atom. The molecule has 264 valence electrons. The summed E-state index contributed by atoms with van der Waals surface area (Å²) in [5.41, 5.74) is 18.1. The molecule has 0 amide bonds. The van der Waals surface area contributed by atoms with Gasteiger partial charge in [0, 0.05) is 5.56 Å². The second-order valence-electron chi connectivity index (χ2n) is 14.0. The molecule has 0 aliphatic rings. The Kier molecular flexibility index (Phi) is 9.21. The van der Waals surface area contributed by atoms with Crippen LogP contribution >= 0.6 is 0 Å². The van der Waals surface area contributed by atoms with Crippen LogP contribution in [0.5, 0.6) is 0 Å². The highest BCUT2D eigenvalue weighted by Crippen LogP contribution is 2.46. The normalized spacial score (nSPS) is 11.9. The highest BCUT2D eigenvalue weighted by atomic mass is 14.9. The molecule has 0 fully saturated rings. The van der Waals surface area contributed by atoms with Crippen molar-refractivity contribution >= 4 is 49.5 Å². The summed E-state index contributed by atoms with van der Waals surface area (Å²) in [5.74, 6) is 0.467. The largest absolute Gasteiger partial charge is 0.383 e. The van der Waals surface area contributed by atoms with Gasteiger partial charge in [0.05, 0.1) is 12.3 Å². The summed E-state index contributed by atoms with van der Waals surface area (Å²) in [6.07, 6.45) is 2.83. The molecule has 3 nitrogen and oxygen atoms in total. The van der Waals surface area contributed by atoms with Crippen molar-refractivity contribution in [3.05, 3.63) is 228 Å². The van der Waals surface area contributed by atoms with Gasteiger partial charge in [-0.2, -0.15) is 0 Å². The van der Waals surface area contributed by atoms with E-state index < -0.39 is 0 Å². The number of amidine groups is 1. The molecule has 0 radical (unpaired) electrons. The van der Waals surface area contributed by atoms with E-state index in [0.29, 0.717) is 17.9 Å². The van der Waals surface area contributed by atoms with Crippen molar-refractivity contribution in [1.82, 2.24) is 0 Å². The van der Waals surface area contributed by atoms with Crippen LogP contribution in [0.15, 0.2) is 205 Å². The minimum absolute atomic E-state index is 0.467. The standard InChI is InChI=1S/C53H37N3/c1-55-44-31-28-37(29-32-44)43-19-12-13-36(35-43)23-34-49(56-53(54)42-17-6-3-7-18-42)39-24-26-41(27-25-39)51-47-22-11-10-21-46(47)50(40-15-4-2-5-16-40)48-33-30-38-14-8-9-20-45(38)52(48)51/h2-22,24-35H,23H2,(H2,54,56)/b49-34-. The van der Waals surface area contributed by atoms with Crippen LogP contribution in [-0.2, 0) is 6.42 Å². The molecule has 56 heavy (non-hydrogen) atoms. The number of aliphatic imine (C=N–C) groups is 1. The van der Waals surface area contributed by atoms with E-state index in [1.54, 1.807) is 0 Å². The molecule has 0 aromatic heterocycles. The fraction of sp³-hybridized carbons (Fsp3) is 0.0189. The zero-order chi connectivity index (χ0) is 37.8. The number of nitrogens with zero attached hydrogens (tertiary/aromatic N) is 2. The van der Waals surface area contributed by atoms with Gasteiger partial charge in [-0.15, -0.1) is 0 Å². The van der Waals surface area contributed by atoms with Crippen molar-refractivity contribution in [1.29, 1.82) is 0 Å². The zero-order valence-corrected chi connectivity index (χ0v) is 30.7. The van der Waals surface area contributed by atoms with Gasteiger partial charge in [0.25, 0.3) is 0 Å². The summed E-state index contributed by atoms with van der Waals surface area (Å²) in [7, 11) is 0. The van der Waals surface area contributed by atoms with Crippen LogP contribution in [0.4, 0.5) is 5.69 Å². The zero-order valence-electron chi connectivity index (χ0n) is 30.7. The Balaban J connectivity index is 1.18. The second-order valence-corrected chi connectivity index (χ2v) is 14.0. The number of fused-ring (bicyclic) bond motifs is 4. The third-order valence-electron chi connectivity index (χ3n) is 10.5. The lowest BCUT2D eigenvalue weighted by Gasteiger charge is -2.19. The lowest BCUT2D eigenvalue weighted by Crippen LogP contribution is -2.13. The molecule has 0 aliphatic heterocycles. The number of hydrogen-bond acceptors (Lipinski definition) is 1. The maximum absolute atomic E-state index is 7.31. The predicted octanol–water partition coefficient (Wildman–Crippen LogP) is 13.7. The topological polar surface area (TPSA) is 42.7 Å². The van der Waals surface area contributed by atoms with Crippen molar-refractivity contribution in [2.45, 2.75) is 6.42 Å². The van der Waals surface area contributed by atoms with E-state index in [2.05, 4.69) is 150 Å². The first-order valence-corrected chi connectivity index (χ1v) is 18.8. The van der Waals surface area contributed by atoms with Crippen LogP contribution in [0.2, 0.25) is 0 Å². The molecular weight excluding hydrogens is 679 g/mol. The summed E-state index contributed by atoms with van der Waals surface area (Å²) in [4.78, 5) is 8.59. The van der Waals surface area contributed by atoms with Crippen LogP contribution in [0.1, 0.15) is 16.7 Å². The van der Waals surface area contributed by atoms with E-state index in [4.69, 9.17) is 17.3 Å². The molecular formula is C53H37N3.